The van der Waals surface area contributed by atoms with E-state index in [1.807, 2.05) is 6.07 Å². The van der Waals surface area contributed by atoms with Crippen LogP contribution < -0.4 is 0 Å². The van der Waals surface area contributed by atoms with E-state index in [1.165, 1.54) is 30.4 Å². The zero-order valence-electron chi connectivity index (χ0n) is 16.2. The predicted octanol–water partition coefficient (Wildman–Crippen LogP) is 5.97. The molecule has 1 aliphatic rings. The summed E-state index contributed by atoms with van der Waals surface area (Å²) in [5.74, 6) is 0.496. The average molecular weight is 425 g/mol. The highest BCUT2D eigenvalue weighted by Crippen LogP contribution is 2.48. The number of rotatable bonds is 9. The smallest absolute Gasteiger partial charge is 0.0861 e. The van der Waals surface area contributed by atoms with Crippen LogP contribution in [0.5, 0.6) is 0 Å². The molecule has 1 saturated carbocycles. The Morgan fingerprint density at radius 1 is 1.07 bits per heavy atom. The quantitative estimate of drug-likeness (QED) is 0.495. The molecule has 2 aromatic rings. The minimum Gasteiger partial charge on any atom is -0.306 e. The molecule has 2 nitrogen and oxygen atoms in total. The number of hydrogen-bond acceptors (Lipinski definition) is 2. The maximum atomic E-state index is 10.2. The Kier molecular flexibility index (Phi) is 7.10. The summed E-state index contributed by atoms with van der Waals surface area (Å²) in [6, 6.07) is 21.7. The minimum atomic E-state index is -0.349. The lowest BCUT2D eigenvalue weighted by molar-refractivity contribution is 0.188. The maximum absolute atomic E-state index is 10.2. The number of halogens is 1. The number of nitriles is 1. The van der Waals surface area contributed by atoms with Crippen molar-refractivity contribution in [3.8, 4) is 6.07 Å². The van der Waals surface area contributed by atoms with Crippen molar-refractivity contribution in [1.82, 2.24) is 4.90 Å². The first-order chi connectivity index (χ1) is 13.2. The predicted molar refractivity (Wildman–Crippen MR) is 116 cm³/mol. The first-order valence-electron chi connectivity index (χ1n) is 10.0. The van der Waals surface area contributed by atoms with E-state index in [0.717, 1.165) is 36.8 Å². The van der Waals surface area contributed by atoms with E-state index >= 15 is 0 Å². The van der Waals surface area contributed by atoms with Crippen LogP contribution in [0.25, 0.3) is 0 Å². The van der Waals surface area contributed by atoms with Crippen molar-refractivity contribution < 1.29 is 0 Å². The first kappa shape index (κ1) is 20.1. The summed E-state index contributed by atoms with van der Waals surface area (Å²) in [5.41, 5.74) is 2.22. The molecule has 0 amide bonds. The Bertz CT molecular complexity index is 763. The normalized spacial score (nSPS) is 16.5. The highest BCUT2D eigenvalue weighted by atomic mass is 79.9. The Hall–Kier alpha value is -1.63. The molecule has 2 aromatic carbocycles. The Morgan fingerprint density at radius 2 is 1.78 bits per heavy atom. The van der Waals surface area contributed by atoms with Crippen molar-refractivity contribution in [2.45, 2.75) is 43.9 Å². The van der Waals surface area contributed by atoms with Gasteiger partial charge >= 0.3 is 0 Å². The van der Waals surface area contributed by atoms with Crippen LogP contribution in [0.4, 0.5) is 0 Å². The topological polar surface area (TPSA) is 27.0 Å². The van der Waals surface area contributed by atoms with Gasteiger partial charge < -0.3 is 4.90 Å². The van der Waals surface area contributed by atoms with E-state index in [-0.39, 0.29) is 5.41 Å². The SMILES string of the molecule is CN(CCCC(C#N)(c1ccccc1Br)C1CCC1)CCc1ccccc1. The van der Waals surface area contributed by atoms with Crippen molar-refractivity contribution >= 4 is 15.9 Å². The maximum Gasteiger partial charge on any atom is 0.0861 e. The van der Waals surface area contributed by atoms with Gasteiger partial charge in [0.15, 0.2) is 0 Å². The van der Waals surface area contributed by atoms with Crippen LogP contribution in [0.1, 0.15) is 43.2 Å². The van der Waals surface area contributed by atoms with Crippen LogP contribution in [0.15, 0.2) is 59.1 Å². The molecule has 0 saturated heterocycles. The molecule has 0 spiro atoms. The molecule has 0 heterocycles. The fourth-order valence-corrected chi connectivity index (χ4v) is 4.83. The molecular weight excluding hydrogens is 396 g/mol. The molecule has 142 valence electrons. The summed E-state index contributed by atoms with van der Waals surface area (Å²) in [6.45, 7) is 2.09. The first-order valence-corrected chi connectivity index (χ1v) is 10.8. The van der Waals surface area contributed by atoms with Gasteiger partial charge in [-0.25, -0.2) is 0 Å². The van der Waals surface area contributed by atoms with E-state index in [2.05, 4.69) is 82.5 Å². The lowest BCUT2D eigenvalue weighted by atomic mass is 9.61. The van der Waals surface area contributed by atoms with Gasteiger partial charge in [-0.15, -0.1) is 0 Å². The molecular formula is C24H29BrN2. The molecule has 0 radical (unpaired) electrons. The highest BCUT2D eigenvalue weighted by Gasteiger charge is 2.44. The van der Waals surface area contributed by atoms with Gasteiger partial charge in [-0.05, 0) is 68.8 Å². The Balaban J connectivity index is 1.60. The fourth-order valence-electron chi connectivity index (χ4n) is 4.19. The van der Waals surface area contributed by atoms with E-state index in [4.69, 9.17) is 0 Å². The van der Waals surface area contributed by atoms with Crippen LogP contribution in [0.3, 0.4) is 0 Å². The third-order valence-electron chi connectivity index (χ3n) is 6.09. The Morgan fingerprint density at radius 3 is 2.41 bits per heavy atom. The lowest BCUT2D eigenvalue weighted by Gasteiger charge is -2.42. The standard InChI is InChI=1S/C24H29BrN2/c1-27(18-15-20-9-3-2-4-10-20)17-8-16-24(19-26,21-11-7-12-21)22-13-5-6-14-23(22)25/h2-6,9-10,13-14,21H,7-8,11-12,15-18H2,1H3. The monoisotopic (exact) mass is 424 g/mol. The van der Waals surface area contributed by atoms with Gasteiger partial charge in [0.1, 0.15) is 0 Å². The second-order valence-corrected chi connectivity index (χ2v) is 8.69. The molecule has 1 fully saturated rings. The molecule has 3 rings (SSSR count). The minimum absolute atomic E-state index is 0.349. The molecule has 3 heteroatoms. The summed E-state index contributed by atoms with van der Waals surface area (Å²) in [7, 11) is 2.19. The second kappa shape index (κ2) is 9.53. The summed E-state index contributed by atoms with van der Waals surface area (Å²) in [4.78, 5) is 2.40. The van der Waals surface area contributed by atoms with Crippen molar-refractivity contribution in [3.63, 3.8) is 0 Å². The molecule has 0 aromatic heterocycles. The van der Waals surface area contributed by atoms with Gasteiger partial charge in [0.2, 0.25) is 0 Å². The van der Waals surface area contributed by atoms with E-state index in [0.29, 0.717) is 5.92 Å². The van der Waals surface area contributed by atoms with E-state index in [1.54, 1.807) is 0 Å². The summed E-state index contributed by atoms with van der Waals surface area (Å²) in [5, 5.41) is 10.2. The van der Waals surface area contributed by atoms with Gasteiger partial charge in [0.25, 0.3) is 0 Å². The van der Waals surface area contributed by atoms with Gasteiger partial charge in [-0.1, -0.05) is 70.9 Å². The van der Waals surface area contributed by atoms with Crippen LogP contribution in [-0.2, 0) is 11.8 Å². The molecule has 1 unspecified atom stereocenters. The number of likely N-dealkylation sites (N-methyl/N-ethyl adjacent to an activating group) is 1. The Labute approximate surface area is 172 Å². The van der Waals surface area contributed by atoms with Crippen LogP contribution in [0.2, 0.25) is 0 Å². The van der Waals surface area contributed by atoms with Gasteiger partial charge in [0, 0.05) is 11.0 Å². The van der Waals surface area contributed by atoms with E-state index < -0.39 is 0 Å². The van der Waals surface area contributed by atoms with Gasteiger partial charge in [-0.2, -0.15) is 5.26 Å². The van der Waals surface area contributed by atoms with E-state index in [9.17, 15) is 5.26 Å². The van der Waals surface area contributed by atoms with Gasteiger partial charge in [-0.3, -0.25) is 0 Å². The summed E-state index contributed by atoms with van der Waals surface area (Å²) < 4.78 is 1.08. The van der Waals surface area contributed by atoms with Crippen LogP contribution in [-0.4, -0.2) is 25.0 Å². The van der Waals surface area contributed by atoms with Crippen molar-refractivity contribution in [2.75, 3.05) is 20.1 Å². The molecule has 0 bridgehead atoms. The number of hydrogen-bond donors (Lipinski definition) is 0. The number of benzene rings is 2. The third kappa shape index (κ3) is 4.81. The zero-order chi connectivity index (χ0) is 19.1. The zero-order valence-corrected chi connectivity index (χ0v) is 17.8. The molecule has 1 atom stereocenters. The third-order valence-corrected chi connectivity index (χ3v) is 6.78. The molecule has 0 aliphatic heterocycles. The van der Waals surface area contributed by atoms with Crippen LogP contribution in [0, 0.1) is 17.2 Å². The highest BCUT2D eigenvalue weighted by molar-refractivity contribution is 9.10. The van der Waals surface area contributed by atoms with Gasteiger partial charge in [0.05, 0.1) is 11.5 Å². The van der Waals surface area contributed by atoms with Crippen LogP contribution >= 0.6 is 15.9 Å². The van der Waals surface area contributed by atoms with Crippen molar-refractivity contribution in [2.24, 2.45) is 5.92 Å². The summed E-state index contributed by atoms with van der Waals surface area (Å²) in [6.07, 6.45) is 6.68. The second-order valence-electron chi connectivity index (χ2n) is 7.83. The summed E-state index contributed by atoms with van der Waals surface area (Å²) >= 11 is 3.70. The van der Waals surface area contributed by atoms with Crippen molar-refractivity contribution in [1.29, 1.82) is 5.26 Å². The van der Waals surface area contributed by atoms with Crippen molar-refractivity contribution in [3.05, 3.63) is 70.2 Å². The largest absolute Gasteiger partial charge is 0.306 e. The average Bonchev–Trinajstić information content (AvgIpc) is 2.65. The molecule has 27 heavy (non-hydrogen) atoms. The number of nitrogens with zero attached hydrogens (tertiary/aromatic N) is 2. The molecule has 0 N–H and O–H groups in total. The lowest BCUT2D eigenvalue weighted by Crippen LogP contribution is -2.39. The fraction of sp³-hybridized carbons (Fsp3) is 0.458. The molecule has 1 aliphatic carbocycles.